The van der Waals surface area contributed by atoms with Crippen LogP contribution in [0.15, 0.2) is 24.3 Å². The van der Waals surface area contributed by atoms with Crippen molar-refractivity contribution in [3.05, 3.63) is 35.8 Å². The molecular weight excluding hydrogens is 225 g/mol. The number of fused-ring (bicyclic) bond motifs is 3. The molecule has 0 N–H and O–H groups in total. The number of hydrogen-bond acceptors (Lipinski definition) is 2. The number of aldehydes is 1. The highest BCUT2D eigenvalue weighted by atomic mass is 32.1. The molecule has 3 rings (SSSR count). The first-order valence-electron chi connectivity index (χ1n) is 4.83. The predicted molar refractivity (Wildman–Crippen MR) is 63.6 cm³/mol. The molecule has 0 unspecified atom stereocenters. The molecule has 80 valence electrons. The summed E-state index contributed by atoms with van der Waals surface area (Å²) in [5.74, 6) is -0.227. The van der Waals surface area contributed by atoms with Gasteiger partial charge in [-0.25, -0.2) is 4.39 Å². The van der Waals surface area contributed by atoms with Crippen molar-refractivity contribution in [2.75, 3.05) is 0 Å². The van der Waals surface area contributed by atoms with E-state index in [1.807, 2.05) is 17.7 Å². The molecule has 2 nitrogen and oxygen atoms in total. The highest BCUT2D eigenvalue weighted by Crippen LogP contribution is 2.35. The van der Waals surface area contributed by atoms with Crippen molar-refractivity contribution >= 4 is 37.9 Å². The Hall–Kier alpha value is -1.68. The van der Waals surface area contributed by atoms with E-state index in [0.717, 1.165) is 26.6 Å². The van der Waals surface area contributed by atoms with Gasteiger partial charge in [0.2, 0.25) is 0 Å². The maximum Gasteiger partial charge on any atom is 0.166 e. The van der Waals surface area contributed by atoms with Crippen molar-refractivity contribution in [3.63, 3.8) is 0 Å². The molecule has 0 saturated heterocycles. The Labute approximate surface area is 94.9 Å². The molecule has 0 aliphatic rings. The first-order chi connectivity index (χ1) is 7.70. The fraction of sp³-hybridized carbons (Fsp3) is 0.0833. The van der Waals surface area contributed by atoms with Gasteiger partial charge >= 0.3 is 0 Å². The molecule has 3 aromatic rings. The number of aryl methyl sites for hydroxylation is 1. The summed E-state index contributed by atoms with van der Waals surface area (Å²) in [5, 5.41) is 0.997. The van der Waals surface area contributed by atoms with Crippen molar-refractivity contribution in [3.8, 4) is 0 Å². The van der Waals surface area contributed by atoms with Crippen molar-refractivity contribution < 1.29 is 9.18 Å². The largest absolute Gasteiger partial charge is 0.340 e. The smallest absolute Gasteiger partial charge is 0.166 e. The molecule has 0 spiro atoms. The van der Waals surface area contributed by atoms with E-state index in [0.29, 0.717) is 5.69 Å². The van der Waals surface area contributed by atoms with Crippen LogP contribution in [0.4, 0.5) is 4.39 Å². The van der Waals surface area contributed by atoms with Gasteiger partial charge in [-0.1, -0.05) is 0 Å². The fourth-order valence-corrected chi connectivity index (χ4v) is 3.20. The molecule has 16 heavy (non-hydrogen) atoms. The minimum absolute atomic E-state index is 0.227. The molecule has 0 saturated carbocycles. The van der Waals surface area contributed by atoms with E-state index >= 15 is 0 Å². The van der Waals surface area contributed by atoms with Gasteiger partial charge in [-0.15, -0.1) is 11.3 Å². The maximum atomic E-state index is 13.1. The van der Waals surface area contributed by atoms with Crippen LogP contribution in [-0.2, 0) is 7.05 Å². The Kier molecular flexibility index (Phi) is 1.88. The second kappa shape index (κ2) is 3.15. The minimum atomic E-state index is -0.227. The number of hydrogen-bond donors (Lipinski definition) is 0. The molecule has 0 aliphatic heterocycles. The van der Waals surface area contributed by atoms with Gasteiger partial charge in [-0.2, -0.15) is 0 Å². The molecule has 2 heterocycles. The summed E-state index contributed by atoms with van der Waals surface area (Å²) in [7, 11) is 1.85. The lowest BCUT2D eigenvalue weighted by Gasteiger charge is -1.97. The highest BCUT2D eigenvalue weighted by Gasteiger charge is 2.12. The minimum Gasteiger partial charge on any atom is -0.340 e. The van der Waals surface area contributed by atoms with Crippen LogP contribution in [0, 0.1) is 5.82 Å². The Morgan fingerprint density at radius 1 is 1.31 bits per heavy atom. The van der Waals surface area contributed by atoms with Crippen LogP contribution in [0.5, 0.6) is 0 Å². The number of halogens is 1. The van der Waals surface area contributed by atoms with Crippen LogP contribution in [0.2, 0.25) is 0 Å². The van der Waals surface area contributed by atoms with Crippen molar-refractivity contribution in [2.45, 2.75) is 0 Å². The van der Waals surface area contributed by atoms with Gasteiger partial charge in [0.1, 0.15) is 5.82 Å². The summed E-state index contributed by atoms with van der Waals surface area (Å²) < 4.78 is 16.8. The Bertz CT molecular complexity index is 711. The predicted octanol–water partition coefficient (Wildman–Crippen LogP) is 3.34. The molecular formula is C12H8FNOS. The van der Waals surface area contributed by atoms with Crippen LogP contribution >= 0.6 is 11.3 Å². The monoisotopic (exact) mass is 233 g/mol. The SMILES string of the molecule is Cn1c(C=O)cc2sc3cc(F)ccc3c21. The second-order valence-electron chi connectivity index (χ2n) is 3.70. The van der Waals surface area contributed by atoms with Gasteiger partial charge in [0.15, 0.2) is 6.29 Å². The zero-order valence-electron chi connectivity index (χ0n) is 8.53. The molecule has 0 amide bonds. The van der Waals surface area contributed by atoms with E-state index in [1.165, 1.54) is 23.5 Å². The Morgan fingerprint density at radius 3 is 2.88 bits per heavy atom. The van der Waals surface area contributed by atoms with Gasteiger partial charge in [0.25, 0.3) is 0 Å². The van der Waals surface area contributed by atoms with Gasteiger partial charge < -0.3 is 4.57 Å². The van der Waals surface area contributed by atoms with E-state index in [9.17, 15) is 9.18 Å². The van der Waals surface area contributed by atoms with E-state index in [2.05, 4.69) is 0 Å². The standard InChI is InChI=1S/C12H8FNOS/c1-14-8(6-15)5-11-12(14)9-3-2-7(13)4-10(9)16-11/h2-6H,1H3. The van der Waals surface area contributed by atoms with E-state index in [1.54, 1.807) is 6.07 Å². The molecule has 0 radical (unpaired) electrons. The van der Waals surface area contributed by atoms with Crippen molar-refractivity contribution in [1.29, 1.82) is 0 Å². The summed E-state index contributed by atoms with van der Waals surface area (Å²) in [5.41, 5.74) is 1.65. The number of nitrogens with zero attached hydrogens (tertiary/aromatic N) is 1. The summed E-state index contributed by atoms with van der Waals surface area (Å²) in [6.45, 7) is 0. The lowest BCUT2D eigenvalue weighted by Crippen LogP contribution is -1.93. The molecule has 4 heteroatoms. The number of rotatable bonds is 1. The first-order valence-corrected chi connectivity index (χ1v) is 5.65. The quantitative estimate of drug-likeness (QED) is 0.591. The summed E-state index contributed by atoms with van der Waals surface area (Å²) in [4.78, 5) is 10.8. The average molecular weight is 233 g/mol. The van der Waals surface area contributed by atoms with Crippen molar-refractivity contribution in [1.82, 2.24) is 4.57 Å². The van der Waals surface area contributed by atoms with Crippen LogP contribution in [0.25, 0.3) is 20.3 Å². The number of carbonyl (C=O) groups excluding carboxylic acids is 1. The number of carbonyl (C=O) groups is 1. The number of aromatic nitrogens is 1. The van der Waals surface area contributed by atoms with Gasteiger partial charge in [0.05, 0.1) is 15.9 Å². The van der Waals surface area contributed by atoms with Crippen LogP contribution in [-0.4, -0.2) is 10.9 Å². The lowest BCUT2D eigenvalue weighted by molar-refractivity contribution is 0.111. The fourth-order valence-electron chi connectivity index (χ4n) is 1.99. The average Bonchev–Trinajstić information content (AvgIpc) is 2.75. The Balaban J connectivity index is 2.51. The molecule has 0 bridgehead atoms. The summed E-state index contributed by atoms with van der Waals surface area (Å²) in [6, 6.07) is 6.58. The maximum absolute atomic E-state index is 13.1. The third kappa shape index (κ3) is 1.13. The molecule has 0 aliphatic carbocycles. The third-order valence-electron chi connectivity index (χ3n) is 2.77. The van der Waals surface area contributed by atoms with Crippen LogP contribution in [0.3, 0.4) is 0 Å². The molecule has 0 atom stereocenters. The zero-order valence-corrected chi connectivity index (χ0v) is 9.34. The molecule has 0 fully saturated rings. The normalized spacial score (nSPS) is 11.4. The van der Waals surface area contributed by atoms with Crippen molar-refractivity contribution in [2.24, 2.45) is 7.05 Å². The molecule has 1 aromatic carbocycles. The van der Waals surface area contributed by atoms with Gasteiger partial charge in [0, 0.05) is 17.1 Å². The van der Waals surface area contributed by atoms with E-state index in [-0.39, 0.29) is 5.82 Å². The second-order valence-corrected chi connectivity index (χ2v) is 4.79. The van der Waals surface area contributed by atoms with E-state index < -0.39 is 0 Å². The number of thiophene rings is 1. The molecule has 2 aromatic heterocycles. The lowest BCUT2D eigenvalue weighted by atomic mass is 10.2. The summed E-state index contributed by atoms with van der Waals surface area (Å²) >= 11 is 1.51. The Morgan fingerprint density at radius 2 is 2.12 bits per heavy atom. The van der Waals surface area contributed by atoms with Crippen LogP contribution in [0.1, 0.15) is 10.5 Å². The van der Waals surface area contributed by atoms with Crippen LogP contribution < -0.4 is 0 Å². The van der Waals surface area contributed by atoms with Gasteiger partial charge in [-0.05, 0) is 24.3 Å². The zero-order chi connectivity index (χ0) is 11.3. The highest BCUT2D eigenvalue weighted by molar-refractivity contribution is 7.25. The third-order valence-corrected chi connectivity index (χ3v) is 3.86. The van der Waals surface area contributed by atoms with Gasteiger partial charge in [-0.3, -0.25) is 4.79 Å². The van der Waals surface area contributed by atoms with E-state index in [4.69, 9.17) is 0 Å². The summed E-state index contributed by atoms with van der Waals surface area (Å²) in [6.07, 6.45) is 0.835. The topological polar surface area (TPSA) is 22.0 Å². The first kappa shape index (κ1) is 9.54. The number of benzene rings is 1.